The quantitative estimate of drug-likeness (QED) is 0.725. The molecule has 24 heavy (non-hydrogen) atoms. The standard InChI is InChI=1S/C16H16N4O3S/c21-16(9-11-24(22,23)13-6-2-1-3-7-13)17-12-15-19-18-14-8-4-5-10-20(14)15/h1-8,10H,9,11-12H2,(H,17,21). The van der Waals surface area contributed by atoms with Gasteiger partial charge in [-0.3, -0.25) is 9.20 Å². The van der Waals surface area contributed by atoms with Gasteiger partial charge < -0.3 is 5.32 Å². The van der Waals surface area contributed by atoms with Crippen molar-refractivity contribution in [3.63, 3.8) is 0 Å². The molecule has 0 aliphatic heterocycles. The van der Waals surface area contributed by atoms with Crippen molar-refractivity contribution in [2.75, 3.05) is 5.75 Å². The van der Waals surface area contributed by atoms with E-state index in [0.717, 1.165) is 0 Å². The van der Waals surface area contributed by atoms with Gasteiger partial charge in [0.1, 0.15) is 0 Å². The number of carbonyl (C=O) groups excluding carboxylic acids is 1. The average molecular weight is 344 g/mol. The fourth-order valence-corrected chi connectivity index (χ4v) is 3.51. The Morgan fingerprint density at radius 1 is 1.04 bits per heavy atom. The molecule has 0 aliphatic carbocycles. The second-order valence-corrected chi connectivity index (χ2v) is 7.31. The van der Waals surface area contributed by atoms with Crippen LogP contribution in [0.15, 0.2) is 59.6 Å². The highest BCUT2D eigenvalue weighted by molar-refractivity contribution is 7.91. The topological polar surface area (TPSA) is 93.4 Å². The van der Waals surface area contributed by atoms with Crippen LogP contribution in [-0.2, 0) is 21.2 Å². The first kappa shape index (κ1) is 16.1. The molecule has 7 nitrogen and oxygen atoms in total. The molecule has 1 aromatic carbocycles. The van der Waals surface area contributed by atoms with Crippen molar-refractivity contribution < 1.29 is 13.2 Å². The molecular weight excluding hydrogens is 328 g/mol. The molecule has 0 saturated carbocycles. The summed E-state index contributed by atoms with van der Waals surface area (Å²) in [7, 11) is -3.46. The van der Waals surface area contributed by atoms with Crippen molar-refractivity contribution >= 4 is 21.4 Å². The van der Waals surface area contributed by atoms with E-state index >= 15 is 0 Å². The molecule has 2 aromatic heterocycles. The molecule has 1 N–H and O–H groups in total. The molecule has 8 heteroatoms. The summed E-state index contributed by atoms with van der Waals surface area (Å²) >= 11 is 0. The molecule has 0 spiro atoms. The number of rotatable bonds is 6. The Hall–Kier alpha value is -2.74. The summed E-state index contributed by atoms with van der Waals surface area (Å²) in [4.78, 5) is 12.1. The summed E-state index contributed by atoms with van der Waals surface area (Å²) in [6.07, 6.45) is 1.70. The van der Waals surface area contributed by atoms with Gasteiger partial charge in [-0.25, -0.2) is 8.42 Å². The van der Waals surface area contributed by atoms with Crippen LogP contribution >= 0.6 is 0 Å². The number of benzene rings is 1. The molecule has 0 bridgehead atoms. The molecule has 0 atom stereocenters. The van der Waals surface area contributed by atoms with E-state index in [1.807, 2.05) is 18.2 Å². The van der Waals surface area contributed by atoms with Crippen molar-refractivity contribution in [3.8, 4) is 0 Å². The van der Waals surface area contributed by atoms with Gasteiger partial charge in [-0.2, -0.15) is 0 Å². The van der Waals surface area contributed by atoms with Crippen LogP contribution in [0.2, 0.25) is 0 Å². The van der Waals surface area contributed by atoms with E-state index in [1.54, 1.807) is 28.8 Å². The van der Waals surface area contributed by atoms with Gasteiger partial charge in [-0.15, -0.1) is 10.2 Å². The Morgan fingerprint density at radius 2 is 1.79 bits per heavy atom. The van der Waals surface area contributed by atoms with Crippen LogP contribution in [0.25, 0.3) is 5.65 Å². The lowest BCUT2D eigenvalue weighted by Crippen LogP contribution is -2.26. The van der Waals surface area contributed by atoms with Crippen LogP contribution in [0, 0.1) is 0 Å². The van der Waals surface area contributed by atoms with Gasteiger partial charge in [0.2, 0.25) is 5.91 Å². The maximum atomic E-state index is 12.1. The fourth-order valence-electron chi connectivity index (χ4n) is 2.25. The summed E-state index contributed by atoms with van der Waals surface area (Å²) in [5.41, 5.74) is 0.688. The minimum absolute atomic E-state index is 0.103. The van der Waals surface area contributed by atoms with E-state index in [4.69, 9.17) is 0 Å². The normalized spacial score (nSPS) is 11.5. The van der Waals surface area contributed by atoms with Gasteiger partial charge in [0.05, 0.1) is 17.2 Å². The van der Waals surface area contributed by atoms with E-state index in [1.165, 1.54) is 12.1 Å². The van der Waals surface area contributed by atoms with Crippen molar-refractivity contribution in [2.45, 2.75) is 17.9 Å². The number of aromatic nitrogens is 3. The Morgan fingerprint density at radius 3 is 2.58 bits per heavy atom. The number of nitrogens with one attached hydrogen (secondary N) is 1. The molecular formula is C16H16N4O3S. The molecule has 124 valence electrons. The van der Waals surface area contributed by atoms with Crippen LogP contribution in [0.1, 0.15) is 12.2 Å². The third-order valence-electron chi connectivity index (χ3n) is 3.53. The van der Waals surface area contributed by atoms with E-state index in [-0.39, 0.29) is 29.5 Å². The summed E-state index contributed by atoms with van der Waals surface area (Å²) < 4.78 is 26.0. The first-order valence-electron chi connectivity index (χ1n) is 7.39. The van der Waals surface area contributed by atoms with Gasteiger partial charge in [0, 0.05) is 12.6 Å². The van der Waals surface area contributed by atoms with Crippen LogP contribution in [0.5, 0.6) is 0 Å². The van der Waals surface area contributed by atoms with E-state index in [9.17, 15) is 13.2 Å². The second kappa shape index (κ2) is 6.79. The minimum Gasteiger partial charge on any atom is -0.349 e. The van der Waals surface area contributed by atoms with Crippen LogP contribution in [-0.4, -0.2) is 34.7 Å². The minimum atomic E-state index is -3.46. The summed E-state index contributed by atoms with van der Waals surface area (Å²) in [6, 6.07) is 13.6. The van der Waals surface area contributed by atoms with Crippen molar-refractivity contribution in [2.24, 2.45) is 0 Å². The zero-order chi connectivity index (χ0) is 17.0. The zero-order valence-electron chi connectivity index (χ0n) is 12.8. The van der Waals surface area contributed by atoms with E-state index in [2.05, 4.69) is 15.5 Å². The van der Waals surface area contributed by atoms with E-state index < -0.39 is 9.84 Å². The van der Waals surface area contributed by atoms with E-state index in [0.29, 0.717) is 11.5 Å². The number of amides is 1. The number of hydrogen-bond acceptors (Lipinski definition) is 5. The summed E-state index contributed by atoms with van der Waals surface area (Å²) in [5, 5.41) is 10.7. The Labute approximate surface area is 139 Å². The molecule has 0 unspecified atom stereocenters. The zero-order valence-corrected chi connectivity index (χ0v) is 13.6. The number of nitrogens with zero attached hydrogens (tertiary/aromatic N) is 3. The van der Waals surface area contributed by atoms with Crippen LogP contribution in [0.4, 0.5) is 0 Å². The molecule has 2 heterocycles. The van der Waals surface area contributed by atoms with Crippen molar-refractivity contribution in [1.29, 1.82) is 0 Å². The first-order chi connectivity index (χ1) is 11.6. The first-order valence-corrected chi connectivity index (χ1v) is 9.05. The molecule has 3 aromatic rings. The lowest BCUT2D eigenvalue weighted by Gasteiger charge is -2.06. The fraction of sp³-hybridized carbons (Fsp3) is 0.188. The molecule has 0 saturated heterocycles. The highest BCUT2D eigenvalue weighted by Crippen LogP contribution is 2.11. The maximum Gasteiger partial charge on any atom is 0.221 e. The molecule has 0 radical (unpaired) electrons. The Bertz CT molecular complexity index is 952. The number of carbonyl (C=O) groups is 1. The number of pyridine rings is 1. The number of fused-ring (bicyclic) bond motifs is 1. The Kier molecular flexibility index (Phi) is 4.57. The lowest BCUT2D eigenvalue weighted by molar-refractivity contribution is -0.120. The SMILES string of the molecule is O=C(CCS(=O)(=O)c1ccccc1)NCc1nnc2ccccn12. The highest BCUT2D eigenvalue weighted by atomic mass is 32.2. The Balaban J connectivity index is 1.57. The molecule has 3 rings (SSSR count). The predicted octanol–water partition coefficient (Wildman–Crippen LogP) is 1.21. The van der Waals surface area contributed by atoms with Gasteiger partial charge in [0.15, 0.2) is 21.3 Å². The number of sulfone groups is 1. The van der Waals surface area contributed by atoms with Gasteiger partial charge in [0.25, 0.3) is 0 Å². The predicted molar refractivity (Wildman–Crippen MR) is 87.9 cm³/mol. The van der Waals surface area contributed by atoms with Crippen molar-refractivity contribution in [1.82, 2.24) is 19.9 Å². The maximum absolute atomic E-state index is 12.1. The molecule has 0 aliphatic rings. The number of hydrogen-bond donors (Lipinski definition) is 1. The third-order valence-corrected chi connectivity index (χ3v) is 5.26. The van der Waals surface area contributed by atoms with Crippen LogP contribution < -0.4 is 5.32 Å². The molecule has 0 fully saturated rings. The lowest BCUT2D eigenvalue weighted by atomic mass is 10.4. The average Bonchev–Trinajstić information content (AvgIpc) is 3.02. The molecule has 1 amide bonds. The summed E-state index contributed by atoms with van der Waals surface area (Å²) in [5.74, 6) is 0.00993. The second-order valence-electron chi connectivity index (χ2n) is 5.20. The summed E-state index contributed by atoms with van der Waals surface area (Å²) in [6.45, 7) is 0.190. The third kappa shape index (κ3) is 3.60. The monoisotopic (exact) mass is 344 g/mol. The van der Waals surface area contributed by atoms with Gasteiger partial charge in [-0.1, -0.05) is 24.3 Å². The van der Waals surface area contributed by atoms with Crippen molar-refractivity contribution in [3.05, 3.63) is 60.6 Å². The largest absolute Gasteiger partial charge is 0.349 e. The van der Waals surface area contributed by atoms with Crippen LogP contribution in [0.3, 0.4) is 0 Å². The van der Waals surface area contributed by atoms with Gasteiger partial charge >= 0.3 is 0 Å². The smallest absolute Gasteiger partial charge is 0.221 e. The van der Waals surface area contributed by atoms with Gasteiger partial charge in [-0.05, 0) is 24.3 Å². The highest BCUT2D eigenvalue weighted by Gasteiger charge is 2.16.